The predicted molar refractivity (Wildman–Crippen MR) is 152 cm³/mol. The SMILES string of the molecule is [CH2]Cc1ccc(-c2ccccc2C2(C(c3ccccc3)(c3ccccc3)c3ccccc3)N=NN=N2)cc1. The van der Waals surface area contributed by atoms with Crippen LogP contribution in [-0.2, 0) is 17.5 Å². The van der Waals surface area contributed by atoms with Crippen molar-refractivity contribution in [3.8, 4) is 11.1 Å². The van der Waals surface area contributed by atoms with Crippen molar-refractivity contribution in [2.24, 2.45) is 20.7 Å². The number of nitrogens with zero attached hydrogens (tertiary/aromatic N) is 4. The first-order valence-electron chi connectivity index (χ1n) is 12.8. The van der Waals surface area contributed by atoms with E-state index in [0.717, 1.165) is 39.8 Å². The second-order valence-electron chi connectivity index (χ2n) is 9.39. The van der Waals surface area contributed by atoms with E-state index in [1.165, 1.54) is 5.56 Å². The molecule has 6 rings (SSSR count). The molecule has 0 N–H and O–H groups in total. The Kier molecular flexibility index (Phi) is 6.22. The Hall–Kier alpha value is -4.70. The molecule has 0 saturated carbocycles. The van der Waals surface area contributed by atoms with E-state index in [-0.39, 0.29) is 0 Å². The lowest BCUT2D eigenvalue weighted by atomic mass is 9.59. The number of benzene rings is 5. The molecule has 5 aromatic carbocycles. The fourth-order valence-corrected chi connectivity index (χ4v) is 5.71. The van der Waals surface area contributed by atoms with Crippen LogP contribution in [0.1, 0.15) is 27.8 Å². The van der Waals surface area contributed by atoms with E-state index in [1.54, 1.807) is 0 Å². The molecule has 0 aromatic heterocycles. The molecular weight excluding hydrogens is 464 g/mol. The van der Waals surface area contributed by atoms with Gasteiger partial charge >= 0.3 is 0 Å². The Morgan fingerprint density at radius 2 is 0.974 bits per heavy atom. The third kappa shape index (κ3) is 3.69. The van der Waals surface area contributed by atoms with Crippen LogP contribution in [0.3, 0.4) is 0 Å². The van der Waals surface area contributed by atoms with Crippen molar-refractivity contribution in [3.63, 3.8) is 0 Å². The molecule has 4 heteroatoms. The molecular formula is C34H27N4. The van der Waals surface area contributed by atoms with Crippen molar-refractivity contribution in [1.82, 2.24) is 0 Å². The zero-order valence-corrected chi connectivity index (χ0v) is 21.0. The lowest BCUT2D eigenvalue weighted by Gasteiger charge is -2.45. The highest BCUT2D eigenvalue weighted by Crippen LogP contribution is 2.58. The quantitative estimate of drug-likeness (QED) is 0.204. The van der Waals surface area contributed by atoms with Crippen molar-refractivity contribution in [2.45, 2.75) is 17.5 Å². The second kappa shape index (κ2) is 9.98. The van der Waals surface area contributed by atoms with Crippen molar-refractivity contribution in [2.75, 3.05) is 0 Å². The fourth-order valence-electron chi connectivity index (χ4n) is 5.71. The number of rotatable bonds is 7. The summed E-state index contributed by atoms with van der Waals surface area (Å²) in [5.41, 5.74) is 5.35. The largest absolute Gasteiger partial charge is 0.238 e. The normalized spacial score (nSPS) is 14.0. The van der Waals surface area contributed by atoms with Crippen molar-refractivity contribution in [3.05, 3.63) is 174 Å². The zero-order chi connectivity index (χ0) is 25.8. The van der Waals surface area contributed by atoms with Crippen LogP contribution in [0, 0.1) is 6.92 Å². The van der Waals surface area contributed by atoms with Crippen LogP contribution < -0.4 is 0 Å². The molecule has 183 valence electrons. The van der Waals surface area contributed by atoms with Crippen molar-refractivity contribution in [1.29, 1.82) is 0 Å². The Balaban J connectivity index is 1.74. The van der Waals surface area contributed by atoms with Gasteiger partial charge in [0.05, 0.1) is 5.41 Å². The average Bonchev–Trinajstić information content (AvgIpc) is 3.50. The van der Waals surface area contributed by atoms with Gasteiger partial charge in [-0.05, 0) is 57.2 Å². The summed E-state index contributed by atoms with van der Waals surface area (Å²) < 4.78 is 0. The molecule has 0 aliphatic carbocycles. The average molecular weight is 492 g/mol. The third-order valence-corrected chi connectivity index (χ3v) is 7.42. The molecule has 1 heterocycles. The highest BCUT2D eigenvalue weighted by molar-refractivity contribution is 5.71. The fraction of sp³-hybridized carbons (Fsp3) is 0.0882. The second-order valence-corrected chi connectivity index (χ2v) is 9.39. The van der Waals surface area contributed by atoms with Crippen LogP contribution >= 0.6 is 0 Å². The minimum atomic E-state index is -1.20. The van der Waals surface area contributed by atoms with Gasteiger partial charge in [-0.3, -0.25) is 0 Å². The van der Waals surface area contributed by atoms with E-state index in [2.05, 4.69) is 133 Å². The van der Waals surface area contributed by atoms with E-state index in [4.69, 9.17) is 10.2 Å². The molecule has 38 heavy (non-hydrogen) atoms. The minimum absolute atomic E-state index is 0.743. The minimum Gasteiger partial charge on any atom is -0.128 e. The summed E-state index contributed by atoms with van der Waals surface area (Å²) in [6, 6.07) is 48.3. The molecule has 0 bridgehead atoms. The first-order valence-corrected chi connectivity index (χ1v) is 12.8. The third-order valence-electron chi connectivity index (χ3n) is 7.42. The Morgan fingerprint density at radius 3 is 1.45 bits per heavy atom. The molecule has 5 aromatic rings. The molecule has 0 amide bonds. The summed E-state index contributed by atoms with van der Waals surface area (Å²) in [5.74, 6) is 0. The van der Waals surface area contributed by atoms with Gasteiger partial charge in [-0.1, -0.05) is 140 Å². The lowest BCUT2D eigenvalue weighted by molar-refractivity contribution is 0.318. The van der Waals surface area contributed by atoms with Crippen LogP contribution in [0.2, 0.25) is 0 Å². The molecule has 0 spiro atoms. The number of hydrogen-bond acceptors (Lipinski definition) is 4. The van der Waals surface area contributed by atoms with E-state index in [9.17, 15) is 0 Å². The Bertz CT molecular complexity index is 1470. The maximum absolute atomic E-state index is 4.94. The van der Waals surface area contributed by atoms with Gasteiger partial charge in [-0.2, -0.15) is 0 Å². The molecule has 1 aliphatic heterocycles. The smallest absolute Gasteiger partial charge is 0.128 e. The maximum atomic E-state index is 4.94. The molecule has 1 aliphatic rings. The van der Waals surface area contributed by atoms with Gasteiger partial charge in [0.1, 0.15) is 0 Å². The van der Waals surface area contributed by atoms with Crippen LogP contribution in [-0.4, -0.2) is 0 Å². The topological polar surface area (TPSA) is 49.4 Å². The monoisotopic (exact) mass is 491 g/mol. The van der Waals surface area contributed by atoms with Gasteiger partial charge in [0.25, 0.3) is 0 Å². The van der Waals surface area contributed by atoms with Gasteiger partial charge in [0.15, 0.2) is 0 Å². The van der Waals surface area contributed by atoms with Crippen molar-refractivity contribution < 1.29 is 0 Å². The highest BCUT2D eigenvalue weighted by Gasteiger charge is 2.60. The van der Waals surface area contributed by atoms with Crippen LogP contribution in [0.4, 0.5) is 0 Å². The predicted octanol–water partition coefficient (Wildman–Crippen LogP) is 8.75. The van der Waals surface area contributed by atoms with E-state index < -0.39 is 11.1 Å². The molecule has 4 nitrogen and oxygen atoms in total. The van der Waals surface area contributed by atoms with Crippen molar-refractivity contribution >= 4 is 0 Å². The Morgan fingerprint density at radius 1 is 0.526 bits per heavy atom. The van der Waals surface area contributed by atoms with Gasteiger partial charge < -0.3 is 0 Å². The summed E-state index contributed by atoms with van der Waals surface area (Å²) in [4.78, 5) is 0. The summed E-state index contributed by atoms with van der Waals surface area (Å²) >= 11 is 0. The molecule has 0 unspecified atom stereocenters. The Labute approximate surface area is 223 Å². The molecule has 0 saturated heterocycles. The highest BCUT2D eigenvalue weighted by atomic mass is 15.6. The van der Waals surface area contributed by atoms with E-state index >= 15 is 0 Å². The zero-order valence-electron chi connectivity index (χ0n) is 21.0. The molecule has 0 fully saturated rings. The first kappa shape index (κ1) is 23.7. The summed E-state index contributed by atoms with van der Waals surface area (Å²) in [6.45, 7) is 4.03. The van der Waals surface area contributed by atoms with Gasteiger partial charge in [-0.15, -0.1) is 10.2 Å². The summed E-state index contributed by atoms with van der Waals surface area (Å²) in [5, 5.41) is 18.3. The maximum Gasteiger partial charge on any atom is 0.238 e. The van der Waals surface area contributed by atoms with Crippen LogP contribution in [0.5, 0.6) is 0 Å². The van der Waals surface area contributed by atoms with E-state index in [1.807, 2.05) is 24.3 Å². The number of hydrogen-bond donors (Lipinski definition) is 0. The lowest BCUT2D eigenvalue weighted by Crippen LogP contribution is -2.48. The van der Waals surface area contributed by atoms with Gasteiger partial charge in [-0.25, -0.2) is 0 Å². The van der Waals surface area contributed by atoms with Gasteiger partial charge in [0.2, 0.25) is 5.66 Å². The standard InChI is InChI=1S/C34H27N4/c1-2-26-22-24-27(25-23-26)31-20-12-13-21-32(31)34(35-37-38-36-34)33(28-14-6-3-7-15-28,29-16-8-4-9-17-29)30-18-10-5-11-19-30/h3-25H,1-2H2. The first-order chi connectivity index (χ1) is 18.8. The van der Waals surface area contributed by atoms with Crippen LogP contribution in [0.25, 0.3) is 11.1 Å². The molecule has 0 atom stereocenters. The van der Waals surface area contributed by atoms with E-state index in [0.29, 0.717) is 0 Å². The molecule has 1 radical (unpaired) electrons. The van der Waals surface area contributed by atoms with Gasteiger partial charge in [0, 0.05) is 5.56 Å². The summed E-state index contributed by atoms with van der Waals surface area (Å²) in [6.07, 6.45) is 0.743. The van der Waals surface area contributed by atoms with Crippen LogP contribution in [0.15, 0.2) is 160 Å². The summed E-state index contributed by atoms with van der Waals surface area (Å²) in [7, 11) is 0.